The van der Waals surface area contributed by atoms with E-state index in [0.29, 0.717) is 12.0 Å². The van der Waals surface area contributed by atoms with E-state index in [4.69, 9.17) is 0 Å². The van der Waals surface area contributed by atoms with Gasteiger partial charge in [-0.1, -0.05) is 50.3 Å². The van der Waals surface area contributed by atoms with Crippen LogP contribution in [0.2, 0.25) is 0 Å². The fourth-order valence-corrected chi connectivity index (χ4v) is 2.45. The summed E-state index contributed by atoms with van der Waals surface area (Å²) < 4.78 is 0. The quantitative estimate of drug-likeness (QED) is 0.554. The third kappa shape index (κ3) is 5.42. The van der Waals surface area contributed by atoms with Gasteiger partial charge in [0.15, 0.2) is 0 Å². The van der Waals surface area contributed by atoms with Crippen molar-refractivity contribution in [1.29, 1.82) is 0 Å². The van der Waals surface area contributed by atoms with Gasteiger partial charge in [-0.3, -0.25) is 0 Å². The molecule has 17 heavy (non-hydrogen) atoms. The molecule has 1 aromatic rings. The zero-order valence-electron chi connectivity index (χ0n) is 10.9. The van der Waals surface area contributed by atoms with E-state index in [9.17, 15) is 0 Å². The average molecular weight is 249 g/mol. The van der Waals surface area contributed by atoms with Crippen molar-refractivity contribution in [3.8, 4) is 0 Å². The van der Waals surface area contributed by atoms with Crippen LogP contribution in [-0.4, -0.2) is 18.1 Å². The molecule has 0 aromatic heterocycles. The van der Waals surface area contributed by atoms with Crippen molar-refractivity contribution in [3.05, 3.63) is 48.6 Å². The van der Waals surface area contributed by atoms with Crippen LogP contribution in [0.4, 0.5) is 0 Å². The zero-order valence-corrected chi connectivity index (χ0v) is 11.7. The highest BCUT2D eigenvalue weighted by Gasteiger charge is 2.13. The highest BCUT2D eigenvalue weighted by Crippen LogP contribution is 2.21. The Hall–Kier alpha value is -0.730. The lowest BCUT2D eigenvalue weighted by atomic mass is 9.96. The molecule has 1 N–H and O–H groups in total. The fraction of sp³-hybridized carbons (Fsp3) is 0.467. The highest BCUT2D eigenvalue weighted by atomic mass is 32.2. The van der Waals surface area contributed by atoms with E-state index >= 15 is 0 Å². The molecule has 0 bridgehead atoms. The lowest BCUT2D eigenvalue weighted by Crippen LogP contribution is -2.27. The Labute approximate surface area is 110 Å². The smallest absolute Gasteiger partial charge is 0.0343 e. The molecule has 2 heteroatoms. The molecule has 0 aliphatic rings. The van der Waals surface area contributed by atoms with Crippen LogP contribution < -0.4 is 5.32 Å². The van der Waals surface area contributed by atoms with E-state index in [-0.39, 0.29) is 0 Å². The SMILES string of the molecule is C=CCSCCNC(c1ccccc1)C(C)C. The van der Waals surface area contributed by atoms with E-state index in [1.165, 1.54) is 5.56 Å². The van der Waals surface area contributed by atoms with Crippen LogP contribution in [0.25, 0.3) is 0 Å². The van der Waals surface area contributed by atoms with Crippen LogP contribution in [0.1, 0.15) is 25.5 Å². The third-order valence-corrected chi connectivity index (χ3v) is 3.64. The maximum absolute atomic E-state index is 3.73. The first kappa shape index (κ1) is 14.3. The molecular formula is C15H23NS. The molecule has 0 heterocycles. The van der Waals surface area contributed by atoms with Crippen LogP contribution in [0.5, 0.6) is 0 Å². The zero-order chi connectivity index (χ0) is 12.5. The van der Waals surface area contributed by atoms with E-state index in [0.717, 1.165) is 18.1 Å². The molecule has 1 atom stereocenters. The third-order valence-electron chi connectivity index (χ3n) is 2.67. The number of thioether (sulfide) groups is 1. The molecule has 0 amide bonds. The first-order valence-electron chi connectivity index (χ1n) is 6.22. The number of hydrogen-bond donors (Lipinski definition) is 1. The van der Waals surface area contributed by atoms with Gasteiger partial charge in [-0.15, -0.1) is 6.58 Å². The summed E-state index contributed by atoms with van der Waals surface area (Å²) in [5, 5.41) is 3.64. The van der Waals surface area contributed by atoms with E-state index in [2.05, 4.69) is 56.1 Å². The van der Waals surface area contributed by atoms with E-state index in [1.807, 2.05) is 17.8 Å². The van der Waals surface area contributed by atoms with Gasteiger partial charge in [0.2, 0.25) is 0 Å². The summed E-state index contributed by atoms with van der Waals surface area (Å²) in [4.78, 5) is 0. The maximum atomic E-state index is 3.73. The summed E-state index contributed by atoms with van der Waals surface area (Å²) in [6.07, 6.45) is 1.96. The largest absolute Gasteiger partial charge is 0.309 e. The standard InChI is InChI=1S/C15H23NS/c1-4-11-17-12-10-16-15(13(2)3)14-8-6-5-7-9-14/h4-9,13,15-16H,1,10-12H2,2-3H3. The molecule has 1 rings (SSSR count). The Kier molecular flexibility index (Phi) is 7.06. The number of benzene rings is 1. The Bertz CT molecular complexity index is 308. The van der Waals surface area contributed by atoms with Gasteiger partial charge in [-0.05, 0) is 11.5 Å². The lowest BCUT2D eigenvalue weighted by Gasteiger charge is -2.22. The molecule has 0 spiro atoms. The minimum atomic E-state index is 0.459. The van der Waals surface area contributed by atoms with Gasteiger partial charge in [0, 0.05) is 24.1 Å². The second-order valence-electron chi connectivity index (χ2n) is 4.45. The molecule has 94 valence electrons. The van der Waals surface area contributed by atoms with Crippen molar-refractivity contribution >= 4 is 11.8 Å². The van der Waals surface area contributed by atoms with Gasteiger partial charge >= 0.3 is 0 Å². The summed E-state index contributed by atoms with van der Waals surface area (Å²) in [6.45, 7) is 9.31. The first-order valence-corrected chi connectivity index (χ1v) is 7.38. The number of rotatable bonds is 8. The fourth-order valence-electron chi connectivity index (χ4n) is 1.85. The predicted octanol–water partition coefficient (Wildman–Crippen LogP) is 3.89. The second kappa shape index (κ2) is 8.37. The molecular weight excluding hydrogens is 226 g/mol. The average Bonchev–Trinajstić information content (AvgIpc) is 2.34. The summed E-state index contributed by atoms with van der Waals surface area (Å²) in [5.74, 6) is 2.79. The van der Waals surface area contributed by atoms with Gasteiger partial charge in [0.25, 0.3) is 0 Å². The Morgan fingerprint density at radius 3 is 2.59 bits per heavy atom. The number of hydrogen-bond acceptors (Lipinski definition) is 2. The molecule has 0 aliphatic carbocycles. The molecule has 1 aromatic carbocycles. The van der Waals surface area contributed by atoms with Gasteiger partial charge in [0.05, 0.1) is 0 Å². The molecule has 0 saturated carbocycles. The van der Waals surface area contributed by atoms with Crippen LogP contribution >= 0.6 is 11.8 Å². The van der Waals surface area contributed by atoms with Gasteiger partial charge in [-0.25, -0.2) is 0 Å². The van der Waals surface area contributed by atoms with Crippen molar-refractivity contribution < 1.29 is 0 Å². The minimum Gasteiger partial charge on any atom is -0.309 e. The van der Waals surface area contributed by atoms with Crippen molar-refractivity contribution in [2.75, 3.05) is 18.1 Å². The molecule has 0 radical (unpaired) electrons. The maximum Gasteiger partial charge on any atom is 0.0343 e. The Morgan fingerprint density at radius 2 is 2.00 bits per heavy atom. The van der Waals surface area contributed by atoms with Crippen molar-refractivity contribution in [3.63, 3.8) is 0 Å². The minimum absolute atomic E-state index is 0.459. The van der Waals surface area contributed by atoms with Crippen LogP contribution in [0, 0.1) is 5.92 Å². The summed E-state index contributed by atoms with van der Waals surface area (Å²) in [6, 6.07) is 11.2. The predicted molar refractivity (Wildman–Crippen MR) is 79.5 cm³/mol. The Morgan fingerprint density at radius 1 is 1.29 bits per heavy atom. The first-order chi connectivity index (χ1) is 8.25. The lowest BCUT2D eigenvalue weighted by molar-refractivity contribution is 0.423. The van der Waals surface area contributed by atoms with E-state index < -0.39 is 0 Å². The van der Waals surface area contributed by atoms with Gasteiger partial charge in [-0.2, -0.15) is 11.8 Å². The molecule has 1 unspecified atom stereocenters. The summed E-state index contributed by atoms with van der Waals surface area (Å²) in [7, 11) is 0. The van der Waals surface area contributed by atoms with Gasteiger partial charge in [0.1, 0.15) is 0 Å². The van der Waals surface area contributed by atoms with Gasteiger partial charge < -0.3 is 5.32 Å². The highest BCUT2D eigenvalue weighted by molar-refractivity contribution is 7.99. The normalized spacial score (nSPS) is 12.6. The Balaban J connectivity index is 2.42. The van der Waals surface area contributed by atoms with Crippen LogP contribution in [-0.2, 0) is 0 Å². The number of nitrogens with one attached hydrogen (secondary N) is 1. The molecule has 1 nitrogen and oxygen atoms in total. The molecule has 0 fully saturated rings. The van der Waals surface area contributed by atoms with Crippen LogP contribution in [0.15, 0.2) is 43.0 Å². The second-order valence-corrected chi connectivity index (χ2v) is 5.60. The topological polar surface area (TPSA) is 12.0 Å². The molecule has 0 saturated heterocycles. The monoisotopic (exact) mass is 249 g/mol. The van der Waals surface area contributed by atoms with Crippen molar-refractivity contribution in [2.24, 2.45) is 5.92 Å². The summed E-state index contributed by atoms with van der Waals surface area (Å²) >= 11 is 1.92. The van der Waals surface area contributed by atoms with Crippen molar-refractivity contribution in [2.45, 2.75) is 19.9 Å². The van der Waals surface area contributed by atoms with E-state index in [1.54, 1.807) is 0 Å². The van der Waals surface area contributed by atoms with Crippen LogP contribution in [0.3, 0.4) is 0 Å². The van der Waals surface area contributed by atoms with Crippen molar-refractivity contribution in [1.82, 2.24) is 5.32 Å². The molecule has 0 aliphatic heterocycles. The summed E-state index contributed by atoms with van der Waals surface area (Å²) in [5.41, 5.74) is 1.39.